The second-order valence-corrected chi connectivity index (χ2v) is 6.02. The summed E-state index contributed by atoms with van der Waals surface area (Å²) in [6.45, 7) is 7.00. The van der Waals surface area contributed by atoms with E-state index in [9.17, 15) is 0 Å². The van der Waals surface area contributed by atoms with Crippen LogP contribution in [0.1, 0.15) is 36.9 Å². The molecule has 0 saturated heterocycles. The first-order valence-electron chi connectivity index (χ1n) is 7.21. The minimum atomic E-state index is 0. The minimum Gasteiger partial charge on any atom is -0.357 e. The fraction of sp³-hybridized carbons (Fsp3) is 0.714. The van der Waals surface area contributed by atoms with E-state index in [4.69, 9.17) is 0 Å². The third kappa shape index (κ3) is 6.88. The van der Waals surface area contributed by atoms with Gasteiger partial charge in [0.15, 0.2) is 5.96 Å². The Morgan fingerprint density at radius 3 is 2.85 bits per heavy atom. The molecule has 4 nitrogen and oxygen atoms in total. The van der Waals surface area contributed by atoms with Crippen LogP contribution in [0.4, 0.5) is 0 Å². The molecule has 0 spiro atoms. The lowest BCUT2D eigenvalue weighted by Gasteiger charge is -2.10. The molecule has 1 heterocycles. The maximum absolute atomic E-state index is 4.61. The molecule has 1 fully saturated rings. The van der Waals surface area contributed by atoms with E-state index in [1.165, 1.54) is 17.8 Å². The second-order valence-electron chi connectivity index (χ2n) is 5.08. The molecule has 1 aromatic rings. The largest absolute Gasteiger partial charge is 0.357 e. The maximum Gasteiger partial charge on any atom is 0.191 e. The highest BCUT2D eigenvalue weighted by molar-refractivity contribution is 14.0. The van der Waals surface area contributed by atoms with E-state index in [2.05, 4.69) is 32.9 Å². The molecule has 1 aliphatic carbocycles. The smallest absolute Gasteiger partial charge is 0.191 e. The normalized spacial score (nSPS) is 14.8. The van der Waals surface area contributed by atoms with Gasteiger partial charge < -0.3 is 10.6 Å². The molecule has 0 radical (unpaired) electrons. The van der Waals surface area contributed by atoms with Crippen LogP contribution >= 0.6 is 35.3 Å². The molecule has 0 amide bonds. The van der Waals surface area contributed by atoms with Crippen LogP contribution in [-0.2, 0) is 6.42 Å². The zero-order chi connectivity index (χ0) is 13.5. The first kappa shape index (κ1) is 17.7. The number of aliphatic imine (C=N–C) groups is 1. The molecule has 0 unspecified atom stereocenters. The molecule has 1 aromatic heterocycles. The summed E-state index contributed by atoms with van der Waals surface area (Å²) < 4.78 is 0. The van der Waals surface area contributed by atoms with Crippen LogP contribution in [0.25, 0.3) is 0 Å². The van der Waals surface area contributed by atoms with Gasteiger partial charge in [-0.05, 0) is 39.0 Å². The van der Waals surface area contributed by atoms with Gasteiger partial charge in [0.25, 0.3) is 0 Å². The van der Waals surface area contributed by atoms with Gasteiger partial charge in [-0.25, -0.2) is 4.98 Å². The molecule has 0 bridgehead atoms. The van der Waals surface area contributed by atoms with E-state index in [-0.39, 0.29) is 24.0 Å². The summed E-state index contributed by atoms with van der Waals surface area (Å²) in [5, 5.41) is 10.0. The molecule has 6 heteroatoms. The highest BCUT2D eigenvalue weighted by Gasteiger charge is 2.20. The van der Waals surface area contributed by atoms with Crippen LogP contribution in [0, 0.1) is 12.8 Å². The van der Waals surface area contributed by atoms with Crippen molar-refractivity contribution in [1.82, 2.24) is 15.6 Å². The Morgan fingerprint density at radius 2 is 2.25 bits per heavy atom. The summed E-state index contributed by atoms with van der Waals surface area (Å²) in [4.78, 5) is 9.08. The van der Waals surface area contributed by atoms with Gasteiger partial charge in [-0.3, -0.25) is 4.99 Å². The monoisotopic (exact) mass is 408 g/mol. The highest BCUT2D eigenvalue weighted by Crippen LogP contribution is 2.28. The molecular formula is C14H25IN4S. The van der Waals surface area contributed by atoms with Crippen molar-refractivity contribution < 1.29 is 0 Å². The third-order valence-electron chi connectivity index (χ3n) is 3.08. The number of rotatable bonds is 7. The predicted octanol–water partition coefficient (Wildman–Crippen LogP) is 2.97. The average molecular weight is 408 g/mol. The summed E-state index contributed by atoms with van der Waals surface area (Å²) in [6, 6.07) is 0. The van der Waals surface area contributed by atoms with E-state index in [1.807, 2.05) is 6.92 Å². The topological polar surface area (TPSA) is 49.3 Å². The van der Waals surface area contributed by atoms with Gasteiger partial charge in [0.05, 0.1) is 5.01 Å². The fourth-order valence-electron chi connectivity index (χ4n) is 1.83. The summed E-state index contributed by atoms with van der Waals surface area (Å²) in [7, 11) is 0. The molecule has 0 atom stereocenters. The van der Waals surface area contributed by atoms with Crippen LogP contribution in [0.5, 0.6) is 0 Å². The number of guanidine groups is 1. The van der Waals surface area contributed by atoms with Gasteiger partial charge in [-0.15, -0.1) is 35.3 Å². The molecule has 0 aromatic carbocycles. The van der Waals surface area contributed by atoms with Crippen molar-refractivity contribution >= 4 is 41.3 Å². The van der Waals surface area contributed by atoms with Crippen LogP contribution in [-0.4, -0.2) is 30.6 Å². The predicted molar refractivity (Wildman–Crippen MR) is 97.3 cm³/mol. The summed E-state index contributed by atoms with van der Waals surface area (Å²) in [5.74, 6) is 1.80. The Balaban J connectivity index is 0.00000200. The summed E-state index contributed by atoms with van der Waals surface area (Å²) in [5.41, 5.74) is 1.13. The number of aromatic nitrogens is 1. The van der Waals surface area contributed by atoms with Crippen molar-refractivity contribution in [3.63, 3.8) is 0 Å². The van der Waals surface area contributed by atoms with Crippen LogP contribution in [0.2, 0.25) is 0 Å². The van der Waals surface area contributed by atoms with Gasteiger partial charge >= 0.3 is 0 Å². The number of halogens is 1. The Kier molecular flexibility index (Phi) is 8.44. The third-order valence-corrected chi connectivity index (χ3v) is 4.10. The highest BCUT2D eigenvalue weighted by atomic mass is 127. The summed E-state index contributed by atoms with van der Waals surface area (Å²) in [6.07, 6.45) is 4.85. The minimum absolute atomic E-state index is 0. The molecule has 1 aliphatic rings. The van der Waals surface area contributed by atoms with E-state index in [1.54, 1.807) is 11.3 Å². The van der Waals surface area contributed by atoms with E-state index >= 15 is 0 Å². The SMILES string of the molecule is CCNC(=NCC1CC1)NCCCc1nc(C)cs1.I. The zero-order valence-electron chi connectivity index (χ0n) is 12.3. The summed E-state index contributed by atoms with van der Waals surface area (Å²) >= 11 is 1.76. The number of hydrogen-bond acceptors (Lipinski definition) is 3. The molecule has 114 valence electrons. The first-order chi connectivity index (χ1) is 9.28. The van der Waals surface area contributed by atoms with Crippen LogP contribution in [0.3, 0.4) is 0 Å². The number of aryl methyl sites for hydroxylation is 2. The molecule has 2 N–H and O–H groups in total. The zero-order valence-corrected chi connectivity index (χ0v) is 15.5. The van der Waals surface area contributed by atoms with E-state index in [0.29, 0.717) is 0 Å². The number of nitrogens with one attached hydrogen (secondary N) is 2. The van der Waals surface area contributed by atoms with Gasteiger partial charge in [-0.1, -0.05) is 0 Å². The van der Waals surface area contributed by atoms with E-state index in [0.717, 1.165) is 50.0 Å². The first-order valence-corrected chi connectivity index (χ1v) is 8.09. The fourth-order valence-corrected chi connectivity index (χ4v) is 2.64. The Hall–Kier alpha value is -0.370. The van der Waals surface area contributed by atoms with Crippen molar-refractivity contribution in [2.75, 3.05) is 19.6 Å². The van der Waals surface area contributed by atoms with Gasteiger partial charge in [0.1, 0.15) is 0 Å². The quantitative estimate of drug-likeness (QED) is 0.316. The molecule has 2 rings (SSSR count). The van der Waals surface area contributed by atoms with Crippen molar-refractivity contribution in [3.8, 4) is 0 Å². The molecular weight excluding hydrogens is 383 g/mol. The lowest BCUT2D eigenvalue weighted by Crippen LogP contribution is -2.38. The Labute approximate surface area is 142 Å². The molecule has 0 aliphatic heterocycles. The lowest BCUT2D eigenvalue weighted by molar-refractivity contribution is 0.733. The molecule has 1 saturated carbocycles. The Bertz CT molecular complexity index is 415. The average Bonchev–Trinajstić information content (AvgIpc) is 3.14. The second kappa shape index (κ2) is 9.55. The number of thiazole rings is 1. The molecule has 20 heavy (non-hydrogen) atoms. The van der Waals surface area contributed by atoms with Gasteiger partial charge in [0.2, 0.25) is 0 Å². The van der Waals surface area contributed by atoms with Crippen molar-refractivity contribution in [2.24, 2.45) is 10.9 Å². The van der Waals surface area contributed by atoms with Gasteiger partial charge in [-0.2, -0.15) is 0 Å². The number of nitrogens with zero attached hydrogens (tertiary/aromatic N) is 2. The number of hydrogen-bond donors (Lipinski definition) is 2. The van der Waals surface area contributed by atoms with Crippen molar-refractivity contribution in [2.45, 2.75) is 39.5 Å². The Morgan fingerprint density at radius 1 is 1.45 bits per heavy atom. The maximum atomic E-state index is 4.61. The standard InChI is InChI=1S/C14H24N4S.HI/c1-3-15-14(17-9-12-6-7-12)16-8-4-5-13-18-11(2)10-19-13;/h10,12H,3-9H2,1-2H3,(H2,15,16,17);1H. The van der Waals surface area contributed by atoms with Crippen molar-refractivity contribution in [1.29, 1.82) is 0 Å². The van der Waals surface area contributed by atoms with E-state index < -0.39 is 0 Å². The van der Waals surface area contributed by atoms with Crippen LogP contribution < -0.4 is 10.6 Å². The van der Waals surface area contributed by atoms with Crippen LogP contribution in [0.15, 0.2) is 10.4 Å². The van der Waals surface area contributed by atoms with Gasteiger partial charge in [0, 0.05) is 37.1 Å². The lowest BCUT2D eigenvalue weighted by atomic mass is 10.3. The van der Waals surface area contributed by atoms with Crippen molar-refractivity contribution in [3.05, 3.63) is 16.1 Å².